The van der Waals surface area contributed by atoms with E-state index < -0.39 is 0 Å². The normalized spacial score (nSPS) is 11.7. The summed E-state index contributed by atoms with van der Waals surface area (Å²) in [5.74, 6) is 0. The van der Waals surface area contributed by atoms with E-state index in [9.17, 15) is 0 Å². The van der Waals surface area contributed by atoms with Gasteiger partial charge in [-0.1, -0.05) is 23.2 Å². The number of nitrogens with zero attached hydrogens (tertiary/aromatic N) is 2. The molecule has 0 amide bonds. The van der Waals surface area contributed by atoms with Gasteiger partial charge in [-0.15, -0.1) is 47.5 Å². The molecule has 1 atom stereocenters. The molecule has 0 saturated heterocycles. The van der Waals surface area contributed by atoms with Gasteiger partial charge < -0.3 is 16.2 Å². The van der Waals surface area contributed by atoms with E-state index in [1.165, 1.54) is 0 Å². The molecule has 0 aliphatic carbocycles. The molecular weight excluding hydrogens is 458 g/mol. The standard InChI is InChI=1S/C15H16Cl2N4OS2.2ClH/c16-11-6-9(20-7-12-19-2-4-23-12)15-14(21-11)13(17)10(24-15)5-8(18)1-3-22;;/h2,4,6,8,22H,1,3,5,7,18H2,(H,20,21);2*1H. The van der Waals surface area contributed by atoms with Gasteiger partial charge in [-0.05, 0) is 12.8 Å². The number of hydrogen-bond acceptors (Lipinski definition) is 7. The number of thiophene rings is 1. The number of aromatic nitrogens is 2. The molecule has 11 heteroatoms. The fraction of sp³-hybridized carbons (Fsp3) is 0.333. The number of fused-ring (bicyclic) bond motifs is 1. The molecule has 3 aromatic rings. The van der Waals surface area contributed by atoms with Crippen LogP contribution in [-0.2, 0) is 13.0 Å². The number of anilines is 1. The van der Waals surface area contributed by atoms with Gasteiger partial charge in [-0.25, -0.2) is 9.97 Å². The largest absolute Gasteiger partial charge is 0.396 e. The molecule has 0 aromatic carbocycles. The lowest BCUT2D eigenvalue weighted by Crippen LogP contribution is -2.23. The zero-order chi connectivity index (χ0) is 17.1. The molecule has 0 aliphatic heterocycles. The van der Waals surface area contributed by atoms with Gasteiger partial charge in [0.05, 0.1) is 22.0 Å². The van der Waals surface area contributed by atoms with Crippen LogP contribution < -0.4 is 11.1 Å². The van der Waals surface area contributed by atoms with Crippen molar-refractivity contribution >= 4 is 86.6 Å². The van der Waals surface area contributed by atoms with Crippen LogP contribution in [0, 0.1) is 0 Å². The molecule has 3 heterocycles. The van der Waals surface area contributed by atoms with E-state index in [2.05, 4.69) is 15.3 Å². The van der Waals surface area contributed by atoms with E-state index in [1.54, 1.807) is 34.9 Å². The maximum atomic E-state index is 9.01. The number of aliphatic hydroxyl groups is 1. The monoisotopic (exact) mass is 474 g/mol. The molecule has 144 valence electrons. The number of aliphatic hydroxyl groups excluding tert-OH is 1. The highest BCUT2D eigenvalue weighted by atomic mass is 35.5. The van der Waals surface area contributed by atoms with Crippen molar-refractivity contribution < 1.29 is 5.11 Å². The first-order chi connectivity index (χ1) is 11.6. The maximum Gasteiger partial charge on any atom is 0.131 e. The molecule has 0 aliphatic rings. The second kappa shape index (κ2) is 10.8. The molecule has 3 rings (SSSR count). The lowest BCUT2D eigenvalue weighted by atomic mass is 10.1. The van der Waals surface area contributed by atoms with Crippen LogP contribution in [0.2, 0.25) is 10.2 Å². The van der Waals surface area contributed by atoms with Crippen molar-refractivity contribution in [3.63, 3.8) is 0 Å². The van der Waals surface area contributed by atoms with Crippen molar-refractivity contribution in [3.8, 4) is 0 Å². The van der Waals surface area contributed by atoms with E-state index in [0.29, 0.717) is 35.1 Å². The summed E-state index contributed by atoms with van der Waals surface area (Å²) in [6.07, 6.45) is 2.91. The highest BCUT2D eigenvalue weighted by Gasteiger charge is 2.18. The third-order valence-corrected chi connectivity index (χ3v) is 6.21. The Morgan fingerprint density at radius 1 is 1.31 bits per heavy atom. The van der Waals surface area contributed by atoms with E-state index in [-0.39, 0.29) is 37.5 Å². The van der Waals surface area contributed by atoms with Crippen molar-refractivity contribution in [2.75, 3.05) is 11.9 Å². The Hall–Kier alpha value is -0.380. The molecule has 0 bridgehead atoms. The number of halogens is 4. The van der Waals surface area contributed by atoms with Crippen LogP contribution in [0.3, 0.4) is 0 Å². The minimum Gasteiger partial charge on any atom is -0.396 e. The van der Waals surface area contributed by atoms with Crippen molar-refractivity contribution in [3.05, 3.63) is 37.7 Å². The summed E-state index contributed by atoms with van der Waals surface area (Å²) in [7, 11) is 0. The Balaban J connectivity index is 0.00000169. The summed E-state index contributed by atoms with van der Waals surface area (Å²) < 4.78 is 0.951. The van der Waals surface area contributed by atoms with Crippen LogP contribution in [0.25, 0.3) is 10.2 Å². The Morgan fingerprint density at radius 3 is 2.73 bits per heavy atom. The number of rotatable bonds is 7. The summed E-state index contributed by atoms with van der Waals surface area (Å²) in [6, 6.07) is 1.66. The van der Waals surface area contributed by atoms with Crippen LogP contribution in [0.4, 0.5) is 5.69 Å². The van der Waals surface area contributed by atoms with Crippen molar-refractivity contribution in [2.45, 2.75) is 25.4 Å². The van der Waals surface area contributed by atoms with Gasteiger partial charge in [0.2, 0.25) is 0 Å². The lowest BCUT2D eigenvalue weighted by Gasteiger charge is -2.07. The number of pyridine rings is 1. The van der Waals surface area contributed by atoms with Crippen LogP contribution in [-0.4, -0.2) is 27.7 Å². The first-order valence-electron chi connectivity index (χ1n) is 7.34. The van der Waals surface area contributed by atoms with Gasteiger partial charge in [0.25, 0.3) is 0 Å². The summed E-state index contributed by atoms with van der Waals surface area (Å²) in [4.78, 5) is 9.57. The maximum absolute atomic E-state index is 9.01. The molecule has 0 fully saturated rings. The molecule has 4 N–H and O–H groups in total. The molecular formula is C15H18Cl4N4OS2. The molecule has 5 nitrogen and oxygen atoms in total. The lowest BCUT2D eigenvalue weighted by molar-refractivity contribution is 0.275. The molecule has 1 unspecified atom stereocenters. The highest BCUT2D eigenvalue weighted by molar-refractivity contribution is 7.20. The van der Waals surface area contributed by atoms with Gasteiger partial charge in [-0.3, -0.25) is 0 Å². The summed E-state index contributed by atoms with van der Waals surface area (Å²) >= 11 is 15.8. The SMILES string of the molecule is Cl.Cl.NC(CCO)Cc1sc2c(NCc3nccs3)cc(Cl)nc2c1Cl. The molecule has 3 aromatic heterocycles. The average molecular weight is 476 g/mol. The van der Waals surface area contributed by atoms with Gasteiger partial charge >= 0.3 is 0 Å². The molecule has 0 saturated carbocycles. The van der Waals surface area contributed by atoms with Crippen LogP contribution in [0.1, 0.15) is 16.3 Å². The summed E-state index contributed by atoms with van der Waals surface area (Å²) in [5, 5.41) is 16.3. The second-order valence-corrected chi connectivity index (χ2v) is 8.11. The summed E-state index contributed by atoms with van der Waals surface area (Å²) in [6.45, 7) is 0.677. The van der Waals surface area contributed by atoms with Crippen LogP contribution >= 0.6 is 70.7 Å². The van der Waals surface area contributed by atoms with E-state index in [0.717, 1.165) is 20.3 Å². The Kier molecular flexibility index (Phi) is 9.85. The van der Waals surface area contributed by atoms with Crippen molar-refractivity contribution in [1.29, 1.82) is 0 Å². The Labute approximate surface area is 181 Å². The number of hydrogen-bond donors (Lipinski definition) is 3. The number of thiazole rings is 1. The highest BCUT2D eigenvalue weighted by Crippen LogP contribution is 2.40. The Bertz CT molecular complexity index is 829. The zero-order valence-corrected chi connectivity index (χ0v) is 18.2. The molecule has 26 heavy (non-hydrogen) atoms. The zero-order valence-electron chi connectivity index (χ0n) is 13.4. The average Bonchev–Trinajstić information content (AvgIpc) is 3.15. The number of nitrogens with two attached hydrogens (primary N) is 1. The predicted molar refractivity (Wildman–Crippen MR) is 117 cm³/mol. The van der Waals surface area contributed by atoms with E-state index >= 15 is 0 Å². The minimum absolute atomic E-state index is 0. The van der Waals surface area contributed by atoms with Crippen molar-refractivity contribution in [1.82, 2.24) is 9.97 Å². The third-order valence-electron chi connectivity index (χ3n) is 3.48. The molecule has 0 spiro atoms. The third kappa shape index (κ3) is 5.56. The van der Waals surface area contributed by atoms with Gasteiger partial charge in [0.15, 0.2) is 0 Å². The second-order valence-electron chi connectivity index (χ2n) is 5.27. The first kappa shape index (κ1) is 23.7. The smallest absolute Gasteiger partial charge is 0.131 e. The predicted octanol–water partition coefficient (Wildman–Crippen LogP) is 4.77. The van der Waals surface area contributed by atoms with Gasteiger partial charge in [-0.2, -0.15) is 0 Å². The quantitative estimate of drug-likeness (QED) is 0.428. The topological polar surface area (TPSA) is 84.1 Å². The molecule has 0 radical (unpaired) electrons. The van der Waals surface area contributed by atoms with E-state index in [1.807, 2.05) is 5.38 Å². The van der Waals surface area contributed by atoms with Crippen LogP contribution in [0.5, 0.6) is 0 Å². The first-order valence-corrected chi connectivity index (χ1v) is 9.79. The summed E-state index contributed by atoms with van der Waals surface area (Å²) in [5.41, 5.74) is 7.58. The minimum atomic E-state index is -0.136. The number of nitrogens with one attached hydrogen (secondary N) is 1. The van der Waals surface area contributed by atoms with E-state index in [4.69, 9.17) is 34.0 Å². The fourth-order valence-electron chi connectivity index (χ4n) is 2.33. The van der Waals surface area contributed by atoms with Crippen LogP contribution in [0.15, 0.2) is 17.6 Å². The fourth-order valence-corrected chi connectivity index (χ4v) is 4.68. The van der Waals surface area contributed by atoms with Gasteiger partial charge in [0.1, 0.15) is 15.7 Å². The van der Waals surface area contributed by atoms with Crippen molar-refractivity contribution in [2.24, 2.45) is 5.73 Å². The Morgan fingerprint density at radius 2 is 2.08 bits per heavy atom. The van der Waals surface area contributed by atoms with Gasteiger partial charge in [0, 0.05) is 35.2 Å².